The van der Waals surface area contributed by atoms with Gasteiger partial charge in [-0.1, -0.05) is 121 Å². The highest BCUT2D eigenvalue weighted by Gasteiger charge is 2.52. The Bertz CT molecular complexity index is 1810. The van der Waals surface area contributed by atoms with E-state index < -0.39 is 23.6 Å². The Hall–Kier alpha value is -5.27. The fraction of sp³-hybridized carbons (Fsp3) is 0.139. The molecule has 0 spiro atoms. The summed E-state index contributed by atoms with van der Waals surface area (Å²) in [6.45, 7) is 0. The van der Waals surface area contributed by atoms with Crippen molar-refractivity contribution in [2.24, 2.45) is 0 Å². The fourth-order valence-electron chi connectivity index (χ4n) is 5.96. The molecule has 4 aromatic carbocycles. The summed E-state index contributed by atoms with van der Waals surface area (Å²) < 4.78 is 6.42. The molecule has 0 aliphatic heterocycles. The maximum absolute atomic E-state index is 13.1. The Labute approximate surface area is 249 Å². The number of rotatable bonds is 10. The van der Waals surface area contributed by atoms with Crippen LogP contribution in [0.15, 0.2) is 138 Å². The van der Waals surface area contributed by atoms with Crippen molar-refractivity contribution < 1.29 is 19.2 Å². The number of para-hydroxylation sites is 1. The van der Waals surface area contributed by atoms with Crippen molar-refractivity contribution in [1.82, 2.24) is 5.32 Å². The van der Waals surface area contributed by atoms with Crippen LogP contribution in [0.25, 0.3) is 16.5 Å². The monoisotopic (exact) mass is 570 g/mol. The molecule has 0 amide bonds. The van der Waals surface area contributed by atoms with E-state index in [4.69, 9.17) is 4.42 Å². The highest BCUT2D eigenvalue weighted by Crippen LogP contribution is 2.43. The van der Waals surface area contributed by atoms with Crippen LogP contribution in [0.1, 0.15) is 28.0 Å². The fourth-order valence-corrected chi connectivity index (χ4v) is 5.96. The highest BCUT2D eigenvalue weighted by atomic mass is 16.6. The summed E-state index contributed by atoms with van der Waals surface area (Å²) in [4.78, 5) is 25.5. The van der Waals surface area contributed by atoms with Gasteiger partial charge >= 0.3 is 5.97 Å². The Kier molecular flexibility index (Phi) is 7.73. The van der Waals surface area contributed by atoms with Crippen molar-refractivity contribution in [2.45, 2.75) is 30.5 Å². The van der Waals surface area contributed by atoms with Crippen LogP contribution >= 0.6 is 0 Å². The Morgan fingerprint density at radius 3 is 2.14 bits per heavy atom. The number of benzene rings is 4. The number of aliphatic carboxylic acids is 1. The lowest BCUT2D eigenvalue weighted by Gasteiger charge is -2.38. The largest absolute Gasteiger partial charge is 0.480 e. The zero-order chi connectivity index (χ0) is 29.8. The van der Waals surface area contributed by atoms with Crippen LogP contribution in [0.4, 0.5) is 0 Å². The molecule has 7 nitrogen and oxygen atoms in total. The minimum atomic E-state index is -1.55. The van der Waals surface area contributed by atoms with Crippen molar-refractivity contribution in [1.29, 1.82) is 0 Å². The highest BCUT2D eigenvalue weighted by molar-refractivity contribution is 5.86. The molecule has 5 aromatic rings. The molecule has 0 bridgehead atoms. The topological polar surface area (TPSA) is 106 Å². The van der Waals surface area contributed by atoms with E-state index >= 15 is 0 Å². The predicted octanol–water partition coefficient (Wildman–Crippen LogP) is 6.80. The number of carboxylic acid groups (broad SMARTS) is 1. The molecule has 0 saturated carbocycles. The SMILES string of the molecule is O=C(O)C(Cc1ccccc1)NC1(c2c(Cc3ccccc3)oc3ccccc23)C=CC(c2ccccc2)=CC1[N+](=O)[O-]. The van der Waals surface area contributed by atoms with Gasteiger partial charge in [0.2, 0.25) is 0 Å². The van der Waals surface area contributed by atoms with E-state index in [1.165, 1.54) is 0 Å². The molecule has 3 atom stereocenters. The molecule has 214 valence electrons. The lowest BCUT2D eigenvalue weighted by Crippen LogP contribution is -2.59. The van der Waals surface area contributed by atoms with Gasteiger partial charge < -0.3 is 9.52 Å². The van der Waals surface area contributed by atoms with Crippen LogP contribution in [0.2, 0.25) is 0 Å². The molecule has 1 aromatic heterocycles. The summed E-state index contributed by atoms with van der Waals surface area (Å²) >= 11 is 0. The number of hydrogen-bond donors (Lipinski definition) is 2. The van der Waals surface area contributed by atoms with Gasteiger partial charge in [-0.25, -0.2) is 0 Å². The zero-order valence-electron chi connectivity index (χ0n) is 23.3. The van der Waals surface area contributed by atoms with Crippen LogP contribution < -0.4 is 5.32 Å². The number of nitrogens with one attached hydrogen (secondary N) is 1. The second-order valence-electron chi connectivity index (χ2n) is 10.7. The van der Waals surface area contributed by atoms with Gasteiger partial charge in [0, 0.05) is 22.3 Å². The number of nitro groups is 1. The van der Waals surface area contributed by atoms with Crippen LogP contribution in [-0.4, -0.2) is 28.1 Å². The lowest BCUT2D eigenvalue weighted by atomic mass is 9.75. The van der Waals surface area contributed by atoms with Gasteiger partial charge in [-0.15, -0.1) is 0 Å². The van der Waals surface area contributed by atoms with Gasteiger partial charge in [0.25, 0.3) is 6.04 Å². The van der Waals surface area contributed by atoms with Crippen LogP contribution in [-0.2, 0) is 23.2 Å². The van der Waals surface area contributed by atoms with Crippen LogP contribution in [0.3, 0.4) is 0 Å². The number of furan rings is 1. The van der Waals surface area contributed by atoms with Crippen LogP contribution in [0.5, 0.6) is 0 Å². The van der Waals surface area contributed by atoms with Gasteiger partial charge in [0.1, 0.15) is 22.9 Å². The standard InChI is InChI=1S/C36H30N2O5/c39-35(40)30(22-25-12-4-1-5-13-25)37-36(21-20-28(24-33(36)38(41)42)27-16-8-3-9-17-27)34-29-18-10-11-19-31(29)43-32(34)23-26-14-6-2-7-15-26/h1-21,24,30,33,37H,22-23H2,(H,39,40). The number of carbonyl (C=O) groups is 1. The number of hydrogen-bond acceptors (Lipinski definition) is 5. The van der Waals surface area contributed by atoms with Crippen molar-refractivity contribution in [2.75, 3.05) is 0 Å². The van der Waals surface area contributed by atoms with Gasteiger partial charge in [0.05, 0.1) is 0 Å². The van der Waals surface area contributed by atoms with Crippen molar-refractivity contribution >= 4 is 22.5 Å². The average molecular weight is 571 g/mol. The van der Waals surface area contributed by atoms with Gasteiger partial charge in [0.15, 0.2) is 0 Å². The lowest BCUT2D eigenvalue weighted by molar-refractivity contribution is -0.521. The third-order valence-electron chi connectivity index (χ3n) is 7.95. The predicted molar refractivity (Wildman–Crippen MR) is 166 cm³/mol. The number of nitrogens with zero attached hydrogens (tertiary/aromatic N) is 1. The summed E-state index contributed by atoms with van der Waals surface area (Å²) in [5.41, 5.74) is 2.88. The minimum absolute atomic E-state index is 0.134. The second kappa shape index (κ2) is 11.9. The number of fused-ring (bicyclic) bond motifs is 1. The van der Waals surface area contributed by atoms with Crippen molar-refractivity contribution in [3.63, 3.8) is 0 Å². The molecule has 1 aliphatic rings. The minimum Gasteiger partial charge on any atom is -0.480 e. The van der Waals surface area contributed by atoms with E-state index in [2.05, 4.69) is 5.32 Å². The zero-order valence-corrected chi connectivity index (χ0v) is 23.3. The quantitative estimate of drug-likeness (QED) is 0.141. The van der Waals surface area contributed by atoms with E-state index in [1.54, 1.807) is 12.2 Å². The summed E-state index contributed by atoms with van der Waals surface area (Å²) in [7, 11) is 0. The third kappa shape index (κ3) is 5.63. The number of allylic oxidation sites excluding steroid dienone is 2. The summed E-state index contributed by atoms with van der Waals surface area (Å²) in [6, 6.07) is 33.4. The van der Waals surface area contributed by atoms with E-state index in [-0.39, 0.29) is 11.3 Å². The third-order valence-corrected chi connectivity index (χ3v) is 7.95. The first kappa shape index (κ1) is 27.9. The molecule has 1 heterocycles. The first-order chi connectivity index (χ1) is 20.9. The molecule has 3 unspecified atom stereocenters. The van der Waals surface area contributed by atoms with E-state index in [9.17, 15) is 20.0 Å². The second-order valence-corrected chi connectivity index (χ2v) is 10.7. The summed E-state index contributed by atoms with van der Waals surface area (Å²) in [5.74, 6) is -0.564. The van der Waals surface area contributed by atoms with Crippen LogP contribution in [0, 0.1) is 10.1 Å². The Morgan fingerprint density at radius 1 is 0.884 bits per heavy atom. The smallest absolute Gasteiger partial charge is 0.321 e. The molecular weight excluding hydrogens is 540 g/mol. The Balaban J connectivity index is 1.57. The van der Waals surface area contributed by atoms with Crippen molar-refractivity contribution in [3.05, 3.63) is 172 Å². The maximum Gasteiger partial charge on any atom is 0.321 e. The molecule has 0 radical (unpaired) electrons. The molecule has 0 saturated heterocycles. The molecule has 6 rings (SSSR count). The first-order valence-electron chi connectivity index (χ1n) is 14.1. The molecule has 43 heavy (non-hydrogen) atoms. The normalized spacial score (nSPS) is 18.7. The van der Waals surface area contributed by atoms with Gasteiger partial charge in [-0.2, -0.15) is 0 Å². The van der Waals surface area contributed by atoms with Gasteiger partial charge in [-0.3, -0.25) is 20.2 Å². The maximum atomic E-state index is 13.1. The molecule has 7 heteroatoms. The number of carboxylic acids is 1. The summed E-state index contributed by atoms with van der Waals surface area (Å²) in [5, 5.41) is 27.5. The van der Waals surface area contributed by atoms with E-state index in [0.717, 1.165) is 16.7 Å². The van der Waals surface area contributed by atoms with Gasteiger partial charge in [-0.05, 0) is 40.8 Å². The summed E-state index contributed by atoms with van der Waals surface area (Å²) in [6.07, 6.45) is 5.73. The molecular formula is C36H30N2O5. The Morgan fingerprint density at radius 2 is 1.49 bits per heavy atom. The van der Waals surface area contributed by atoms with E-state index in [0.29, 0.717) is 34.3 Å². The van der Waals surface area contributed by atoms with Crippen molar-refractivity contribution in [3.8, 4) is 0 Å². The van der Waals surface area contributed by atoms with E-state index in [1.807, 2.05) is 121 Å². The first-order valence-corrected chi connectivity index (χ1v) is 14.1. The molecule has 0 fully saturated rings. The molecule has 1 aliphatic carbocycles. The average Bonchev–Trinajstić information content (AvgIpc) is 3.40. The molecule has 2 N–H and O–H groups in total.